The van der Waals surface area contributed by atoms with Gasteiger partial charge in [-0.3, -0.25) is 9.59 Å². The molecule has 5 atom stereocenters. The van der Waals surface area contributed by atoms with Crippen LogP contribution in [-0.2, 0) is 9.59 Å². The number of carbonyl (C=O) groups is 3. The van der Waals surface area contributed by atoms with Gasteiger partial charge in [-0.2, -0.15) is 5.26 Å². The molecule has 7 nitrogen and oxygen atoms in total. The van der Waals surface area contributed by atoms with Crippen molar-refractivity contribution in [3.05, 3.63) is 23.3 Å². The molecule has 1 saturated heterocycles. The predicted octanol–water partition coefficient (Wildman–Crippen LogP) is 7.54. The molecule has 0 spiro atoms. The standard InChI is InChI=1S/C38H59N3O4/c1-25-22-33(3,4)15-17-38(25,40-32(45)41-19-12-28(43)13-20-41)18-16-34(5,6)37(10)14-11-29-35(7,8)31(44)27(24-39)23-36(29,9)30(37)21-26(2)42/h21,23,25,28-29,43H,11-20,22H2,1-10H3,(H,40,45)/b30-21-/t25?,29-,36-,37+,38-/m0/s1. The van der Waals surface area contributed by atoms with E-state index in [2.05, 4.69) is 59.9 Å². The van der Waals surface area contributed by atoms with Gasteiger partial charge < -0.3 is 15.3 Å². The van der Waals surface area contributed by atoms with E-state index in [0.29, 0.717) is 25.9 Å². The summed E-state index contributed by atoms with van der Waals surface area (Å²) in [6, 6.07) is 2.16. The number of amides is 2. The number of aliphatic hydroxyl groups is 1. The van der Waals surface area contributed by atoms with Crippen molar-refractivity contribution in [2.24, 2.45) is 38.9 Å². The van der Waals surface area contributed by atoms with Crippen LogP contribution in [0, 0.1) is 50.2 Å². The van der Waals surface area contributed by atoms with Gasteiger partial charge in [0.05, 0.1) is 11.7 Å². The number of likely N-dealkylation sites (tertiary alicyclic amines) is 1. The number of nitrogens with one attached hydrogen (secondary N) is 1. The van der Waals surface area contributed by atoms with Crippen LogP contribution in [0.25, 0.3) is 0 Å². The molecule has 0 aromatic rings. The van der Waals surface area contributed by atoms with Crippen LogP contribution in [0.15, 0.2) is 23.3 Å². The second-order valence-corrected chi connectivity index (χ2v) is 17.6. The van der Waals surface area contributed by atoms with Gasteiger partial charge in [0, 0.05) is 29.5 Å². The zero-order valence-corrected chi connectivity index (χ0v) is 29.7. The topological polar surface area (TPSA) is 110 Å². The highest BCUT2D eigenvalue weighted by Crippen LogP contribution is 2.67. The smallest absolute Gasteiger partial charge is 0.317 e. The fraction of sp³-hybridized carbons (Fsp3) is 0.789. The van der Waals surface area contributed by atoms with E-state index in [1.165, 1.54) is 0 Å². The highest BCUT2D eigenvalue weighted by atomic mass is 16.3. The first-order chi connectivity index (χ1) is 20.6. The van der Waals surface area contributed by atoms with Crippen molar-refractivity contribution in [1.29, 1.82) is 5.26 Å². The van der Waals surface area contributed by atoms with Crippen LogP contribution >= 0.6 is 0 Å². The largest absolute Gasteiger partial charge is 0.393 e. The molecule has 1 heterocycles. The average molecular weight is 622 g/mol. The Balaban J connectivity index is 1.70. The van der Waals surface area contributed by atoms with Crippen molar-refractivity contribution in [3.8, 4) is 6.07 Å². The Morgan fingerprint density at radius 1 is 1.09 bits per heavy atom. The number of carbonyl (C=O) groups excluding carboxylic acids is 3. The molecular weight excluding hydrogens is 562 g/mol. The van der Waals surface area contributed by atoms with E-state index in [1.807, 2.05) is 24.8 Å². The molecular formula is C38H59N3O4. The van der Waals surface area contributed by atoms with Crippen LogP contribution in [0.1, 0.15) is 127 Å². The van der Waals surface area contributed by atoms with Crippen LogP contribution in [0.3, 0.4) is 0 Å². The molecule has 7 heteroatoms. The van der Waals surface area contributed by atoms with E-state index in [1.54, 1.807) is 13.0 Å². The SMILES string of the molecule is CC(=O)/C=C1/[C@@]2(C)C=C(C#N)C(=O)C(C)(C)[C@@H]2CC[C@@]1(C)C(C)(C)CC[C@@]1(NC(=O)N2CCC(O)CC2)CCC(C)(C)CC1C. The van der Waals surface area contributed by atoms with Gasteiger partial charge in [0.25, 0.3) is 0 Å². The molecule has 0 radical (unpaired) electrons. The minimum Gasteiger partial charge on any atom is -0.393 e. The van der Waals surface area contributed by atoms with E-state index in [0.717, 1.165) is 50.5 Å². The predicted molar refractivity (Wildman–Crippen MR) is 178 cm³/mol. The molecule has 2 amide bonds. The van der Waals surface area contributed by atoms with Crippen molar-refractivity contribution in [2.75, 3.05) is 13.1 Å². The number of hydrogen-bond donors (Lipinski definition) is 2. The molecule has 2 N–H and O–H groups in total. The lowest BCUT2D eigenvalue weighted by molar-refractivity contribution is -0.131. The van der Waals surface area contributed by atoms with E-state index in [4.69, 9.17) is 0 Å². The van der Waals surface area contributed by atoms with Crippen LogP contribution in [0.2, 0.25) is 0 Å². The molecule has 45 heavy (non-hydrogen) atoms. The number of nitriles is 1. The molecule has 0 aromatic heterocycles. The second-order valence-electron chi connectivity index (χ2n) is 17.6. The molecule has 1 aliphatic heterocycles. The first-order valence-electron chi connectivity index (χ1n) is 17.3. The van der Waals surface area contributed by atoms with Gasteiger partial charge in [0.2, 0.25) is 0 Å². The molecule has 4 rings (SSSR count). The Morgan fingerprint density at radius 3 is 2.27 bits per heavy atom. The first kappa shape index (κ1) is 35.4. The number of rotatable bonds is 6. The second kappa shape index (κ2) is 12.0. The fourth-order valence-electron chi connectivity index (χ4n) is 9.84. The quantitative estimate of drug-likeness (QED) is 0.298. The lowest BCUT2D eigenvalue weighted by Gasteiger charge is -2.61. The van der Waals surface area contributed by atoms with Gasteiger partial charge in [0.1, 0.15) is 6.07 Å². The lowest BCUT2D eigenvalue weighted by atomic mass is 9.42. The number of hydrogen-bond acceptors (Lipinski definition) is 5. The number of fused-ring (bicyclic) bond motifs is 1. The average Bonchev–Trinajstić information content (AvgIpc) is 2.93. The number of nitrogens with zero attached hydrogens (tertiary/aromatic N) is 2. The summed E-state index contributed by atoms with van der Waals surface area (Å²) in [5.41, 5.74) is -0.859. The summed E-state index contributed by atoms with van der Waals surface area (Å²) in [6.07, 6.45) is 10.9. The summed E-state index contributed by atoms with van der Waals surface area (Å²) in [5, 5.41) is 23.6. The summed E-state index contributed by atoms with van der Waals surface area (Å²) in [7, 11) is 0. The van der Waals surface area contributed by atoms with Crippen molar-refractivity contribution >= 4 is 17.6 Å². The summed E-state index contributed by atoms with van der Waals surface area (Å²) >= 11 is 0. The van der Waals surface area contributed by atoms with Crippen LogP contribution in [-0.4, -0.2) is 52.3 Å². The van der Waals surface area contributed by atoms with Gasteiger partial charge in [-0.25, -0.2) is 4.79 Å². The number of piperidine rings is 1. The van der Waals surface area contributed by atoms with Crippen molar-refractivity contribution in [3.63, 3.8) is 0 Å². The van der Waals surface area contributed by atoms with Crippen molar-refractivity contribution in [1.82, 2.24) is 10.2 Å². The Hall–Kier alpha value is -2.46. The first-order valence-corrected chi connectivity index (χ1v) is 17.3. The third-order valence-corrected chi connectivity index (χ3v) is 13.3. The molecule has 3 aliphatic carbocycles. The number of urea groups is 1. The molecule has 0 aromatic carbocycles. The third kappa shape index (κ3) is 6.30. The molecule has 2 saturated carbocycles. The summed E-state index contributed by atoms with van der Waals surface area (Å²) in [5.74, 6) is 0.149. The van der Waals surface area contributed by atoms with Gasteiger partial charge >= 0.3 is 6.03 Å². The Labute approximate surface area is 272 Å². The van der Waals surface area contributed by atoms with Crippen LogP contribution in [0.5, 0.6) is 0 Å². The van der Waals surface area contributed by atoms with Gasteiger partial charge in [-0.05, 0) is 98.9 Å². The number of allylic oxidation sites excluding steroid dienone is 4. The lowest BCUT2D eigenvalue weighted by Crippen LogP contribution is -2.61. The fourth-order valence-corrected chi connectivity index (χ4v) is 9.84. The maximum atomic E-state index is 13.7. The number of aliphatic hydroxyl groups excluding tert-OH is 1. The van der Waals surface area contributed by atoms with Gasteiger partial charge in [-0.15, -0.1) is 0 Å². The molecule has 1 unspecified atom stereocenters. The highest BCUT2D eigenvalue weighted by molar-refractivity contribution is 6.04. The molecule has 3 fully saturated rings. The van der Waals surface area contributed by atoms with E-state index in [9.17, 15) is 24.8 Å². The number of Topliss-reactive ketones (excluding diaryl/α,β-unsaturated/α-hetero) is 1. The Kier molecular flexibility index (Phi) is 9.41. The highest BCUT2D eigenvalue weighted by Gasteiger charge is 2.61. The van der Waals surface area contributed by atoms with E-state index in [-0.39, 0.29) is 62.9 Å². The van der Waals surface area contributed by atoms with E-state index >= 15 is 0 Å². The minimum atomic E-state index is -0.709. The summed E-state index contributed by atoms with van der Waals surface area (Å²) in [4.78, 5) is 41.8. The minimum absolute atomic E-state index is 0.0154. The van der Waals surface area contributed by atoms with Crippen LogP contribution in [0.4, 0.5) is 4.79 Å². The molecule has 4 aliphatic rings. The van der Waals surface area contributed by atoms with Crippen molar-refractivity contribution in [2.45, 2.75) is 139 Å². The summed E-state index contributed by atoms with van der Waals surface area (Å²) < 4.78 is 0. The summed E-state index contributed by atoms with van der Waals surface area (Å²) in [6.45, 7) is 22.6. The zero-order valence-electron chi connectivity index (χ0n) is 29.7. The number of ketones is 2. The van der Waals surface area contributed by atoms with Gasteiger partial charge in [-0.1, -0.05) is 74.0 Å². The van der Waals surface area contributed by atoms with Gasteiger partial charge in [0.15, 0.2) is 11.6 Å². The third-order valence-electron chi connectivity index (χ3n) is 13.3. The van der Waals surface area contributed by atoms with Crippen LogP contribution < -0.4 is 5.32 Å². The zero-order chi connectivity index (χ0) is 33.8. The van der Waals surface area contributed by atoms with Crippen molar-refractivity contribution < 1.29 is 19.5 Å². The maximum absolute atomic E-state index is 13.7. The monoisotopic (exact) mass is 621 g/mol. The molecule has 250 valence electrons. The molecule has 0 bridgehead atoms. The Bertz CT molecular complexity index is 1310. The van der Waals surface area contributed by atoms with E-state index < -0.39 is 10.8 Å². The maximum Gasteiger partial charge on any atom is 0.317 e. The Morgan fingerprint density at radius 2 is 1.71 bits per heavy atom. The normalized spacial score (nSPS) is 36.1.